The summed E-state index contributed by atoms with van der Waals surface area (Å²) in [7, 11) is 1.66. The summed E-state index contributed by atoms with van der Waals surface area (Å²) in [5.74, 6) is 1.10. The largest absolute Gasteiger partial charge is 2.00 e. The van der Waals surface area contributed by atoms with Crippen LogP contribution in [0.4, 0.5) is 0 Å². The van der Waals surface area contributed by atoms with Gasteiger partial charge in [-0.2, -0.15) is 0 Å². The van der Waals surface area contributed by atoms with E-state index in [-0.39, 0.29) is 57.7 Å². The summed E-state index contributed by atoms with van der Waals surface area (Å²) in [5.41, 5.74) is 3.02. The fourth-order valence-corrected chi connectivity index (χ4v) is 2.02. The third kappa shape index (κ3) is 5.51. The number of halogens is 2. The number of para-hydroxylation sites is 1. The van der Waals surface area contributed by atoms with E-state index in [1.165, 1.54) is 5.56 Å². The summed E-state index contributed by atoms with van der Waals surface area (Å²) in [6, 6.07) is 13.5. The van der Waals surface area contributed by atoms with Gasteiger partial charge in [0, 0.05) is 5.56 Å². The first kappa shape index (κ1) is 23.6. The number of benzene rings is 2. The zero-order chi connectivity index (χ0) is 14.0. The molecule has 0 saturated heterocycles. The van der Waals surface area contributed by atoms with Gasteiger partial charge < -0.3 is 34.7 Å². The molecule has 0 amide bonds. The molecule has 2 nitrogen and oxygen atoms in total. The smallest absolute Gasteiger partial charge is 1.00 e. The van der Waals surface area contributed by atoms with E-state index >= 15 is 0 Å². The minimum absolute atomic E-state index is 0. The van der Waals surface area contributed by atoms with E-state index in [0.29, 0.717) is 0 Å². The van der Waals surface area contributed by atoms with Gasteiger partial charge in [0.15, 0.2) is 0 Å². The van der Waals surface area contributed by atoms with Crippen molar-refractivity contribution in [1.82, 2.24) is 0 Å². The molecule has 0 fully saturated rings. The molecule has 0 aliphatic rings. The summed E-state index contributed by atoms with van der Waals surface area (Å²) in [6.45, 7) is 6.49. The van der Waals surface area contributed by atoms with Crippen LogP contribution < -0.4 is 29.6 Å². The maximum absolute atomic E-state index is 9.98. The van der Waals surface area contributed by atoms with Crippen LogP contribution in [-0.2, 0) is 27.1 Å². The van der Waals surface area contributed by atoms with E-state index in [0.717, 1.165) is 16.9 Å². The Morgan fingerprint density at radius 2 is 1.55 bits per heavy atom. The summed E-state index contributed by atoms with van der Waals surface area (Å²) >= 11 is 0. The Kier molecular flexibility index (Phi) is 10.2. The second-order valence-electron chi connectivity index (χ2n) is 5.72. The van der Waals surface area contributed by atoms with Crippen LogP contribution in [0, 0.1) is 0 Å². The molecule has 0 aliphatic carbocycles. The summed E-state index contributed by atoms with van der Waals surface area (Å²) in [6.07, 6.45) is 0. The molecule has 0 heterocycles. The van der Waals surface area contributed by atoms with E-state index in [2.05, 4.69) is 26.8 Å². The van der Waals surface area contributed by atoms with Crippen molar-refractivity contribution in [2.45, 2.75) is 26.2 Å². The van der Waals surface area contributed by atoms with Gasteiger partial charge in [0.05, 0.1) is 7.11 Å². The average Bonchev–Trinajstić information content (AvgIpc) is 2.37. The quantitative estimate of drug-likeness (QED) is 0.640. The molecule has 2 aromatic carbocycles. The van der Waals surface area contributed by atoms with Gasteiger partial charge in [-0.3, -0.25) is 0 Å². The molecule has 5 heteroatoms. The topological polar surface area (TPSA) is 29.5 Å². The van der Waals surface area contributed by atoms with Crippen molar-refractivity contribution in [3.8, 4) is 22.6 Å². The molecule has 0 spiro atoms. The molecule has 0 aliphatic heterocycles. The summed E-state index contributed by atoms with van der Waals surface area (Å²) in [4.78, 5) is 0. The summed E-state index contributed by atoms with van der Waals surface area (Å²) in [5, 5.41) is 9.98. The molecule has 2 rings (SSSR count). The number of hydrogen-bond acceptors (Lipinski definition) is 2. The van der Waals surface area contributed by atoms with E-state index in [9.17, 15) is 5.11 Å². The van der Waals surface area contributed by atoms with Crippen LogP contribution in [0.25, 0.3) is 11.1 Å². The third-order valence-electron chi connectivity index (χ3n) is 3.22. The van der Waals surface area contributed by atoms with E-state index < -0.39 is 0 Å². The number of rotatable bonds is 2. The van der Waals surface area contributed by atoms with E-state index in [1.807, 2.05) is 30.3 Å². The Hall–Kier alpha value is -0.666. The van der Waals surface area contributed by atoms with E-state index in [4.69, 9.17) is 4.74 Å². The Balaban J connectivity index is 0. The van der Waals surface area contributed by atoms with Gasteiger partial charge >= 0.3 is 21.7 Å². The number of phenols is 1. The fourth-order valence-electron chi connectivity index (χ4n) is 2.02. The third-order valence-corrected chi connectivity index (χ3v) is 3.22. The number of aromatic hydroxyl groups is 1. The zero-order valence-corrected chi connectivity index (χ0v) is 16.2. The van der Waals surface area contributed by atoms with Crippen molar-refractivity contribution >= 4 is 0 Å². The predicted molar refractivity (Wildman–Crippen MR) is 78.8 cm³/mol. The van der Waals surface area contributed by atoms with Gasteiger partial charge in [-0.25, -0.2) is 0 Å². The van der Waals surface area contributed by atoms with Crippen molar-refractivity contribution < 1.29 is 56.4 Å². The first-order valence-corrected chi connectivity index (χ1v) is 6.40. The van der Waals surface area contributed by atoms with Gasteiger partial charge in [0.1, 0.15) is 11.5 Å². The van der Waals surface area contributed by atoms with Crippen LogP contribution in [0.2, 0.25) is 0 Å². The molecule has 0 bridgehead atoms. The second kappa shape index (κ2) is 9.47. The van der Waals surface area contributed by atoms with Crippen LogP contribution in [0.5, 0.6) is 11.5 Å². The van der Waals surface area contributed by atoms with E-state index in [1.54, 1.807) is 13.2 Å². The molecule has 0 radical (unpaired) electrons. The molecular formula is C17H20Cl2O2Ti. The van der Waals surface area contributed by atoms with Crippen molar-refractivity contribution in [2.75, 3.05) is 7.11 Å². The first-order valence-electron chi connectivity index (χ1n) is 6.40. The van der Waals surface area contributed by atoms with Gasteiger partial charge in [-0.05, 0) is 34.7 Å². The molecule has 2 aromatic rings. The van der Waals surface area contributed by atoms with Crippen molar-refractivity contribution in [3.05, 3.63) is 48.0 Å². The van der Waals surface area contributed by atoms with Crippen LogP contribution in [-0.4, -0.2) is 12.2 Å². The Morgan fingerprint density at radius 1 is 0.955 bits per heavy atom. The zero-order valence-electron chi connectivity index (χ0n) is 13.2. The van der Waals surface area contributed by atoms with Crippen molar-refractivity contribution in [3.63, 3.8) is 0 Å². The molecule has 0 unspecified atom stereocenters. The SMILES string of the molecule is COc1cc(-c2ccccc2O)cc(C(C)(C)C)c1.[Cl-].[Cl-].[Ti+2]. The van der Waals surface area contributed by atoms with Gasteiger partial charge in [-0.1, -0.05) is 45.0 Å². The van der Waals surface area contributed by atoms with Gasteiger partial charge in [-0.15, -0.1) is 0 Å². The number of ether oxygens (including phenoxy) is 1. The van der Waals surface area contributed by atoms with Gasteiger partial charge in [0.2, 0.25) is 0 Å². The number of methoxy groups -OCH3 is 1. The monoisotopic (exact) mass is 374 g/mol. The number of hydrogen-bond donors (Lipinski definition) is 1. The standard InChI is InChI=1S/C17H20O2.2ClH.Ti/c1-17(2,3)13-9-12(10-14(11-13)19-4)15-7-5-6-8-16(15)18;;;/h5-11,18H,1-4H3;2*1H;/q;;;+2/p-2. The Morgan fingerprint density at radius 3 is 2.05 bits per heavy atom. The minimum Gasteiger partial charge on any atom is -1.00 e. The predicted octanol–water partition coefficient (Wildman–Crippen LogP) is -1.63. The summed E-state index contributed by atoms with van der Waals surface area (Å²) < 4.78 is 5.37. The minimum atomic E-state index is 0. The van der Waals surface area contributed by atoms with Crippen molar-refractivity contribution in [1.29, 1.82) is 0 Å². The molecule has 0 saturated carbocycles. The molecule has 118 valence electrons. The Bertz CT molecular complexity index is 595. The molecule has 0 aromatic heterocycles. The normalized spacial score (nSPS) is 9.82. The van der Waals surface area contributed by atoms with Crippen LogP contribution in [0.3, 0.4) is 0 Å². The number of phenolic OH excluding ortho intramolecular Hbond substituents is 1. The van der Waals surface area contributed by atoms with Crippen LogP contribution >= 0.6 is 0 Å². The maximum Gasteiger partial charge on any atom is 2.00 e. The molecule has 22 heavy (non-hydrogen) atoms. The second-order valence-corrected chi connectivity index (χ2v) is 5.72. The molecule has 0 atom stereocenters. The molecular weight excluding hydrogens is 355 g/mol. The fraction of sp³-hybridized carbons (Fsp3) is 0.294. The maximum atomic E-state index is 9.98. The Labute approximate surface area is 160 Å². The first-order chi connectivity index (χ1) is 8.91. The van der Waals surface area contributed by atoms with Crippen molar-refractivity contribution in [2.24, 2.45) is 0 Å². The van der Waals surface area contributed by atoms with Gasteiger partial charge in [0.25, 0.3) is 0 Å². The average molecular weight is 375 g/mol. The van der Waals surface area contributed by atoms with Crippen LogP contribution in [0.15, 0.2) is 42.5 Å². The van der Waals surface area contributed by atoms with Crippen LogP contribution in [0.1, 0.15) is 26.3 Å². The molecule has 1 N–H and O–H groups in total.